The number of rotatable bonds is 8. The van der Waals surface area contributed by atoms with Crippen molar-refractivity contribution in [1.29, 1.82) is 0 Å². The molecule has 0 saturated carbocycles. The van der Waals surface area contributed by atoms with Crippen molar-refractivity contribution in [2.45, 2.75) is 32.1 Å². The van der Waals surface area contributed by atoms with Crippen LogP contribution in [0.4, 0.5) is 14.5 Å². The van der Waals surface area contributed by atoms with Crippen molar-refractivity contribution in [3.8, 4) is 11.4 Å². The molecule has 1 aliphatic heterocycles. The van der Waals surface area contributed by atoms with Crippen LogP contribution in [0.2, 0.25) is 0 Å². The fourth-order valence-electron chi connectivity index (χ4n) is 3.98. The largest absolute Gasteiger partial charge is 0.489 e. The van der Waals surface area contributed by atoms with E-state index in [1.807, 2.05) is 46.9 Å². The Morgan fingerprint density at radius 3 is 2.42 bits per heavy atom. The monoisotopic (exact) mass is 457 g/mol. The molecule has 2 heterocycles. The first-order valence-corrected chi connectivity index (χ1v) is 10.6. The zero-order valence-corrected chi connectivity index (χ0v) is 18.4. The molecule has 0 unspecified atom stereocenters. The van der Waals surface area contributed by atoms with Gasteiger partial charge in [-0.3, -0.25) is 0 Å². The van der Waals surface area contributed by atoms with Crippen molar-refractivity contribution in [3.63, 3.8) is 0 Å². The molecule has 1 saturated heterocycles. The zero-order chi connectivity index (χ0) is 23.4. The van der Waals surface area contributed by atoms with Crippen molar-refractivity contribution < 1.29 is 27.8 Å². The summed E-state index contributed by atoms with van der Waals surface area (Å²) in [5.74, 6) is 0.257. The van der Waals surface area contributed by atoms with Crippen molar-refractivity contribution in [2.75, 3.05) is 25.2 Å². The van der Waals surface area contributed by atoms with Gasteiger partial charge in [0, 0.05) is 24.0 Å². The van der Waals surface area contributed by atoms with Gasteiger partial charge in [-0.2, -0.15) is 8.78 Å². The van der Waals surface area contributed by atoms with Gasteiger partial charge in [0.05, 0.1) is 43.9 Å². The molecular formula is C24H25F2N3O4. The average molecular weight is 457 g/mol. The lowest BCUT2D eigenvalue weighted by Crippen LogP contribution is -2.34. The number of carbonyl (C=O) groups is 1. The molecule has 4 rings (SSSR count). The van der Waals surface area contributed by atoms with Crippen LogP contribution in [0, 0.1) is 6.92 Å². The number of aryl methyl sites for hydroxylation is 1. The molecule has 2 aromatic carbocycles. The number of hydrogen-bond donors (Lipinski definition) is 0. The lowest BCUT2D eigenvalue weighted by atomic mass is 10.1. The summed E-state index contributed by atoms with van der Waals surface area (Å²) in [5, 5.41) is 0. The summed E-state index contributed by atoms with van der Waals surface area (Å²) in [7, 11) is 1.32. The molecule has 174 valence electrons. The predicted octanol–water partition coefficient (Wildman–Crippen LogP) is 4.23. The summed E-state index contributed by atoms with van der Waals surface area (Å²) < 4.78 is 42.8. The number of hydrogen-bond acceptors (Lipinski definition) is 6. The smallest absolute Gasteiger partial charge is 0.345 e. The number of esters is 1. The number of nitrogens with zero attached hydrogens (tertiary/aromatic N) is 3. The molecule has 0 radical (unpaired) electrons. The van der Waals surface area contributed by atoms with Gasteiger partial charge >= 0.3 is 12.6 Å². The Kier molecular flexibility index (Phi) is 6.88. The Hall–Kier alpha value is -3.46. The van der Waals surface area contributed by atoms with E-state index >= 15 is 0 Å². The maximum absolute atomic E-state index is 12.7. The standard InChI is InChI=1S/C24H25F2N3O4/c1-16-12-28(15-27-16)18-7-9-21(10-8-18)33-22-11-20(14-32-24(25)26)29(13-22)19-5-3-17(4-6-19)23(30)31-2/h3-10,12,15,20,22,24H,11,13-14H2,1-2H3/t20-,22-/m0/s1. The normalized spacial score (nSPS) is 18.0. The summed E-state index contributed by atoms with van der Waals surface area (Å²) in [5.41, 5.74) is 3.10. The van der Waals surface area contributed by atoms with Crippen LogP contribution in [-0.2, 0) is 9.47 Å². The Morgan fingerprint density at radius 2 is 1.82 bits per heavy atom. The predicted molar refractivity (Wildman–Crippen MR) is 118 cm³/mol. The molecule has 9 heteroatoms. The van der Waals surface area contributed by atoms with E-state index < -0.39 is 12.6 Å². The van der Waals surface area contributed by atoms with Gasteiger partial charge < -0.3 is 23.7 Å². The molecule has 1 aliphatic rings. The fourth-order valence-corrected chi connectivity index (χ4v) is 3.98. The highest BCUT2D eigenvalue weighted by Crippen LogP contribution is 2.30. The third kappa shape index (κ3) is 5.48. The van der Waals surface area contributed by atoms with E-state index in [2.05, 4.69) is 9.72 Å². The van der Waals surface area contributed by atoms with E-state index in [1.165, 1.54) is 7.11 Å². The number of alkyl halides is 2. The number of halogens is 2. The molecule has 1 aromatic heterocycles. The maximum atomic E-state index is 12.7. The molecule has 33 heavy (non-hydrogen) atoms. The highest BCUT2D eigenvalue weighted by atomic mass is 19.3. The van der Waals surface area contributed by atoms with Gasteiger partial charge in [-0.1, -0.05) is 0 Å². The lowest BCUT2D eigenvalue weighted by Gasteiger charge is -2.26. The van der Waals surface area contributed by atoms with Gasteiger partial charge in [-0.05, 0) is 55.5 Å². The number of benzene rings is 2. The van der Waals surface area contributed by atoms with Crippen molar-refractivity contribution in [2.24, 2.45) is 0 Å². The van der Waals surface area contributed by atoms with E-state index in [0.29, 0.717) is 24.3 Å². The number of methoxy groups -OCH3 is 1. The van der Waals surface area contributed by atoms with Crippen LogP contribution >= 0.6 is 0 Å². The fraction of sp³-hybridized carbons (Fsp3) is 0.333. The molecule has 2 atom stereocenters. The first kappa shape index (κ1) is 22.7. The number of ether oxygens (including phenoxy) is 3. The third-order valence-corrected chi connectivity index (χ3v) is 5.56. The quantitative estimate of drug-likeness (QED) is 0.472. The summed E-state index contributed by atoms with van der Waals surface area (Å²) in [6.07, 6.45) is 3.99. The van der Waals surface area contributed by atoms with Gasteiger partial charge in [0.2, 0.25) is 0 Å². The first-order valence-electron chi connectivity index (χ1n) is 10.6. The second-order valence-corrected chi connectivity index (χ2v) is 7.83. The second kappa shape index (κ2) is 9.99. The lowest BCUT2D eigenvalue weighted by molar-refractivity contribution is -0.131. The van der Waals surface area contributed by atoms with E-state index in [-0.39, 0.29) is 18.8 Å². The summed E-state index contributed by atoms with van der Waals surface area (Å²) in [4.78, 5) is 17.9. The number of imidazole rings is 1. The molecule has 3 aromatic rings. The molecule has 0 spiro atoms. The molecule has 0 N–H and O–H groups in total. The summed E-state index contributed by atoms with van der Waals surface area (Å²) in [6.45, 7) is -0.545. The van der Waals surface area contributed by atoms with E-state index in [9.17, 15) is 13.6 Å². The van der Waals surface area contributed by atoms with Crippen LogP contribution in [-0.4, -0.2) is 54.5 Å². The Labute approximate surface area is 190 Å². The Bertz CT molecular complexity index is 1070. The summed E-state index contributed by atoms with van der Waals surface area (Å²) in [6, 6.07) is 14.2. The molecule has 1 fully saturated rings. The zero-order valence-electron chi connectivity index (χ0n) is 18.4. The van der Waals surface area contributed by atoms with E-state index in [4.69, 9.17) is 9.47 Å². The van der Waals surface area contributed by atoms with E-state index in [1.54, 1.807) is 30.6 Å². The van der Waals surface area contributed by atoms with Crippen molar-refractivity contribution in [3.05, 3.63) is 72.3 Å². The minimum atomic E-state index is -2.84. The van der Waals surface area contributed by atoms with E-state index in [0.717, 1.165) is 17.1 Å². The molecule has 0 amide bonds. The highest BCUT2D eigenvalue weighted by molar-refractivity contribution is 5.89. The first-order chi connectivity index (χ1) is 15.9. The maximum Gasteiger partial charge on any atom is 0.345 e. The van der Waals surface area contributed by atoms with Crippen LogP contribution in [0.15, 0.2) is 61.1 Å². The minimum Gasteiger partial charge on any atom is -0.489 e. The van der Waals surface area contributed by atoms with Crippen LogP contribution in [0.25, 0.3) is 5.69 Å². The number of carbonyl (C=O) groups excluding carboxylic acids is 1. The van der Waals surface area contributed by atoms with Crippen molar-refractivity contribution in [1.82, 2.24) is 9.55 Å². The van der Waals surface area contributed by atoms with Gasteiger partial charge in [0.1, 0.15) is 11.9 Å². The minimum absolute atomic E-state index is 0.130. The summed E-state index contributed by atoms with van der Waals surface area (Å²) >= 11 is 0. The van der Waals surface area contributed by atoms with Crippen molar-refractivity contribution >= 4 is 11.7 Å². The molecule has 0 aliphatic carbocycles. The molecule has 0 bridgehead atoms. The number of aromatic nitrogens is 2. The van der Waals surface area contributed by atoms with Crippen LogP contribution in [0.3, 0.4) is 0 Å². The molecular weight excluding hydrogens is 432 g/mol. The van der Waals surface area contributed by atoms with Crippen LogP contribution in [0.5, 0.6) is 5.75 Å². The average Bonchev–Trinajstić information content (AvgIpc) is 3.44. The Morgan fingerprint density at radius 1 is 1.12 bits per heavy atom. The van der Waals surface area contributed by atoms with Gasteiger partial charge in [0.15, 0.2) is 0 Å². The van der Waals surface area contributed by atoms with Crippen LogP contribution in [0.1, 0.15) is 22.5 Å². The number of anilines is 1. The Balaban J connectivity index is 1.46. The van der Waals surface area contributed by atoms with Gasteiger partial charge in [0.25, 0.3) is 0 Å². The topological polar surface area (TPSA) is 65.8 Å². The van der Waals surface area contributed by atoms with Gasteiger partial charge in [-0.15, -0.1) is 0 Å². The molecule has 7 nitrogen and oxygen atoms in total. The SMILES string of the molecule is COC(=O)c1ccc(N2C[C@@H](Oc3ccc(-n4cnc(C)c4)cc3)C[C@H]2COC(F)F)cc1. The highest BCUT2D eigenvalue weighted by Gasteiger charge is 2.34. The van der Waals surface area contributed by atoms with Gasteiger partial charge in [-0.25, -0.2) is 9.78 Å². The van der Waals surface area contributed by atoms with Crippen LogP contribution < -0.4 is 9.64 Å². The third-order valence-electron chi connectivity index (χ3n) is 5.56. The second-order valence-electron chi connectivity index (χ2n) is 7.83.